The first kappa shape index (κ1) is 15.1. The lowest BCUT2D eigenvalue weighted by molar-refractivity contribution is 0.124. The smallest absolute Gasteiger partial charge is 0.0481 e. The molecule has 2 heteroatoms. The number of fused-ring (bicyclic) bond motifs is 1. The van der Waals surface area contributed by atoms with Gasteiger partial charge in [-0.25, -0.2) is 0 Å². The van der Waals surface area contributed by atoms with Crippen LogP contribution in [0.3, 0.4) is 0 Å². The highest BCUT2D eigenvalue weighted by atomic mass is 15.2. The molecule has 2 atom stereocenters. The summed E-state index contributed by atoms with van der Waals surface area (Å²) in [5, 5.41) is 3.84. The van der Waals surface area contributed by atoms with Crippen LogP contribution in [0.25, 0.3) is 0 Å². The Morgan fingerprint density at radius 3 is 2.67 bits per heavy atom. The van der Waals surface area contributed by atoms with Crippen molar-refractivity contribution in [3.05, 3.63) is 35.4 Å². The number of rotatable bonds is 5. The molecule has 0 spiro atoms. The fourth-order valence-electron chi connectivity index (χ4n) is 4.31. The zero-order chi connectivity index (χ0) is 14.7. The Morgan fingerprint density at radius 1 is 1.14 bits per heavy atom. The van der Waals surface area contributed by atoms with Gasteiger partial charge in [-0.1, -0.05) is 44.0 Å². The summed E-state index contributed by atoms with van der Waals surface area (Å²) in [5.41, 5.74) is 3.11. The van der Waals surface area contributed by atoms with Crippen LogP contribution in [0.1, 0.15) is 62.6 Å². The SMILES string of the molecule is CCCNC1c2ccccc2CCC1N(C)C1CCCC1. The van der Waals surface area contributed by atoms with E-state index in [0.29, 0.717) is 12.1 Å². The third-order valence-electron chi connectivity index (χ3n) is 5.52. The summed E-state index contributed by atoms with van der Waals surface area (Å²) in [5.74, 6) is 0. The second-order valence-electron chi connectivity index (χ2n) is 6.84. The minimum Gasteiger partial charge on any atom is -0.309 e. The number of hydrogen-bond acceptors (Lipinski definition) is 2. The van der Waals surface area contributed by atoms with Crippen LogP contribution in [-0.4, -0.2) is 30.6 Å². The Hall–Kier alpha value is -0.860. The van der Waals surface area contributed by atoms with Gasteiger partial charge in [-0.2, -0.15) is 0 Å². The fraction of sp³-hybridized carbons (Fsp3) is 0.684. The van der Waals surface area contributed by atoms with E-state index in [0.717, 1.165) is 12.6 Å². The first-order valence-electron chi connectivity index (χ1n) is 8.84. The molecule has 3 rings (SSSR count). The summed E-state index contributed by atoms with van der Waals surface area (Å²) >= 11 is 0. The topological polar surface area (TPSA) is 15.3 Å². The number of nitrogens with one attached hydrogen (secondary N) is 1. The molecular formula is C19H30N2. The molecule has 0 amide bonds. The minimum absolute atomic E-state index is 0.514. The van der Waals surface area contributed by atoms with Crippen LogP contribution in [0.4, 0.5) is 0 Å². The highest BCUT2D eigenvalue weighted by molar-refractivity contribution is 5.34. The van der Waals surface area contributed by atoms with Gasteiger partial charge in [-0.3, -0.25) is 4.90 Å². The first-order chi connectivity index (χ1) is 10.3. The summed E-state index contributed by atoms with van der Waals surface area (Å²) in [7, 11) is 2.37. The zero-order valence-corrected chi connectivity index (χ0v) is 13.6. The van der Waals surface area contributed by atoms with Crippen molar-refractivity contribution in [2.75, 3.05) is 13.6 Å². The zero-order valence-electron chi connectivity index (χ0n) is 13.6. The second kappa shape index (κ2) is 6.93. The van der Waals surface area contributed by atoms with E-state index >= 15 is 0 Å². The van der Waals surface area contributed by atoms with Gasteiger partial charge in [-0.15, -0.1) is 0 Å². The Bertz CT molecular complexity index is 451. The summed E-state index contributed by atoms with van der Waals surface area (Å²) in [6.07, 6.45) is 9.38. The van der Waals surface area contributed by atoms with E-state index in [-0.39, 0.29) is 0 Å². The highest BCUT2D eigenvalue weighted by Crippen LogP contribution is 2.35. The molecule has 0 radical (unpaired) electrons. The summed E-state index contributed by atoms with van der Waals surface area (Å²) in [4.78, 5) is 2.70. The quantitative estimate of drug-likeness (QED) is 0.882. The molecule has 0 aromatic heterocycles. The maximum atomic E-state index is 3.84. The van der Waals surface area contributed by atoms with E-state index in [4.69, 9.17) is 0 Å². The predicted molar refractivity (Wildman–Crippen MR) is 89.6 cm³/mol. The van der Waals surface area contributed by atoms with E-state index in [2.05, 4.69) is 48.5 Å². The van der Waals surface area contributed by atoms with Crippen molar-refractivity contribution in [3.8, 4) is 0 Å². The molecule has 0 aliphatic heterocycles. The number of likely N-dealkylation sites (N-methyl/N-ethyl adjacent to an activating group) is 1. The normalized spacial score (nSPS) is 26.2. The number of benzene rings is 1. The molecule has 1 saturated carbocycles. The van der Waals surface area contributed by atoms with Crippen molar-refractivity contribution in [1.82, 2.24) is 10.2 Å². The molecule has 1 aromatic carbocycles. The summed E-state index contributed by atoms with van der Waals surface area (Å²) < 4.78 is 0. The lowest BCUT2D eigenvalue weighted by Gasteiger charge is -2.42. The maximum absolute atomic E-state index is 3.84. The average Bonchev–Trinajstić information content (AvgIpc) is 3.06. The van der Waals surface area contributed by atoms with Gasteiger partial charge in [0, 0.05) is 18.1 Å². The third-order valence-corrected chi connectivity index (χ3v) is 5.52. The number of aryl methyl sites for hydroxylation is 1. The van der Waals surface area contributed by atoms with Crippen LogP contribution < -0.4 is 5.32 Å². The van der Waals surface area contributed by atoms with Crippen LogP contribution in [0.15, 0.2) is 24.3 Å². The standard InChI is InChI=1S/C19H30N2/c1-3-14-20-19-17-11-7-4-8-15(17)12-13-18(19)21(2)16-9-5-6-10-16/h4,7-8,11,16,18-20H,3,5-6,9-10,12-14H2,1-2H3. The fourth-order valence-corrected chi connectivity index (χ4v) is 4.31. The van der Waals surface area contributed by atoms with Gasteiger partial charge in [0.15, 0.2) is 0 Å². The van der Waals surface area contributed by atoms with Gasteiger partial charge in [0.25, 0.3) is 0 Å². The van der Waals surface area contributed by atoms with E-state index in [1.807, 2.05) is 0 Å². The third kappa shape index (κ3) is 3.17. The van der Waals surface area contributed by atoms with Crippen molar-refractivity contribution in [1.29, 1.82) is 0 Å². The van der Waals surface area contributed by atoms with E-state index in [1.54, 1.807) is 11.1 Å². The van der Waals surface area contributed by atoms with Crippen LogP contribution in [0.2, 0.25) is 0 Å². The van der Waals surface area contributed by atoms with Crippen LogP contribution in [0, 0.1) is 0 Å². The molecule has 116 valence electrons. The number of hydrogen-bond donors (Lipinski definition) is 1. The first-order valence-corrected chi connectivity index (χ1v) is 8.84. The Kier molecular flexibility index (Phi) is 4.97. The van der Waals surface area contributed by atoms with Crippen molar-refractivity contribution in [3.63, 3.8) is 0 Å². The average molecular weight is 286 g/mol. The molecule has 0 bridgehead atoms. The number of nitrogens with zero attached hydrogens (tertiary/aromatic N) is 1. The van der Waals surface area contributed by atoms with Gasteiger partial charge >= 0.3 is 0 Å². The monoisotopic (exact) mass is 286 g/mol. The van der Waals surface area contributed by atoms with E-state index in [1.165, 1.54) is 44.9 Å². The lowest BCUT2D eigenvalue weighted by Crippen LogP contribution is -2.49. The van der Waals surface area contributed by atoms with Gasteiger partial charge < -0.3 is 5.32 Å². The van der Waals surface area contributed by atoms with Crippen molar-refractivity contribution in [2.24, 2.45) is 0 Å². The molecule has 2 unspecified atom stereocenters. The Labute approximate surface area is 129 Å². The van der Waals surface area contributed by atoms with Crippen molar-refractivity contribution < 1.29 is 0 Å². The van der Waals surface area contributed by atoms with Crippen molar-refractivity contribution >= 4 is 0 Å². The predicted octanol–water partition coefficient (Wildman–Crippen LogP) is 3.92. The second-order valence-corrected chi connectivity index (χ2v) is 6.84. The Morgan fingerprint density at radius 2 is 1.90 bits per heavy atom. The highest BCUT2D eigenvalue weighted by Gasteiger charge is 2.34. The Balaban J connectivity index is 1.81. The molecule has 21 heavy (non-hydrogen) atoms. The molecule has 2 nitrogen and oxygen atoms in total. The maximum Gasteiger partial charge on any atom is 0.0481 e. The van der Waals surface area contributed by atoms with E-state index < -0.39 is 0 Å². The van der Waals surface area contributed by atoms with Gasteiger partial charge in [0.2, 0.25) is 0 Å². The molecule has 1 fully saturated rings. The molecule has 1 aromatic rings. The minimum atomic E-state index is 0.514. The van der Waals surface area contributed by atoms with Gasteiger partial charge in [0.1, 0.15) is 0 Å². The van der Waals surface area contributed by atoms with E-state index in [9.17, 15) is 0 Å². The van der Waals surface area contributed by atoms with Crippen molar-refractivity contribution in [2.45, 2.75) is 70.0 Å². The molecular weight excluding hydrogens is 256 g/mol. The van der Waals surface area contributed by atoms with Crippen LogP contribution in [0.5, 0.6) is 0 Å². The summed E-state index contributed by atoms with van der Waals surface area (Å²) in [6, 6.07) is 11.0. The molecule has 2 aliphatic carbocycles. The molecule has 0 saturated heterocycles. The van der Waals surface area contributed by atoms with Gasteiger partial charge in [-0.05, 0) is 56.8 Å². The largest absolute Gasteiger partial charge is 0.309 e. The lowest BCUT2D eigenvalue weighted by atomic mass is 9.82. The molecule has 1 N–H and O–H groups in total. The van der Waals surface area contributed by atoms with Gasteiger partial charge in [0.05, 0.1) is 0 Å². The molecule has 2 aliphatic rings. The summed E-state index contributed by atoms with van der Waals surface area (Å²) in [6.45, 7) is 3.38. The molecule has 0 heterocycles. The van der Waals surface area contributed by atoms with Crippen LogP contribution in [-0.2, 0) is 6.42 Å². The van der Waals surface area contributed by atoms with Crippen LogP contribution >= 0.6 is 0 Å².